The van der Waals surface area contributed by atoms with Crippen LogP contribution in [0.15, 0.2) is 18.2 Å². The standard InChI is InChI=1S/C12H11BrClNO/c1-8(16)12(13)11-4-2-3-9(7-14)10(11)5-6-15/h2-4,12H,5,7H2,1H3. The van der Waals surface area contributed by atoms with E-state index < -0.39 is 0 Å². The molecule has 4 heteroatoms. The van der Waals surface area contributed by atoms with Crippen molar-refractivity contribution >= 4 is 33.3 Å². The highest BCUT2D eigenvalue weighted by Gasteiger charge is 2.18. The van der Waals surface area contributed by atoms with Crippen LogP contribution < -0.4 is 0 Å². The molecular formula is C12H11BrClNO. The summed E-state index contributed by atoms with van der Waals surface area (Å²) in [5.74, 6) is 0.369. The molecule has 84 valence electrons. The second-order valence-electron chi connectivity index (χ2n) is 3.43. The highest BCUT2D eigenvalue weighted by atomic mass is 79.9. The first-order chi connectivity index (χ1) is 7.61. The quantitative estimate of drug-likeness (QED) is 0.798. The van der Waals surface area contributed by atoms with Crippen LogP contribution in [-0.4, -0.2) is 5.78 Å². The lowest BCUT2D eigenvalue weighted by atomic mass is 9.96. The minimum absolute atomic E-state index is 0.0194. The lowest BCUT2D eigenvalue weighted by Gasteiger charge is -2.14. The van der Waals surface area contributed by atoms with Crippen molar-refractivity contribution in [2.75, 3.05) is 0 Å². The van der Waals surface area contributed by atoms with Gasteiger partial charge in [-0.1, -0.05) is 34.1 Å². The first-order valence-corrected chi connectivity index (χ1v) is 6.25. The van der Waals surface area contributed by atoms with E-state index in [2.05, 4.69) is 22.0 Å². The zero-order valence-electron chi connectivity index (χ0n) is 8.84. The molecule has 0 saturated carbocycles. The smallest absolute Gasteiger partial charge is 0.147 e. The zero-order chi connectivity index (χ0) is 12.1. The van der Waals surface area contributed by atoms with E-state index in [-0.39, 0.29) is 17.0 Å². The number of ketones is 1. The van der Waals surface area contributed by atoms with Gasteiger partial charge in [0.2, 0.25) is 0 Å². The van der Waals surface area contributed by atoms with E-state index in [0.29, 0.717) is 5.88 Å². The number of Topliss-reactive ketones (excluding diaryl/α,β-unsaturated/α-hetero) is 1. The van der Waals surface area contributed by atoms with E-state index in [9.17, 15) is 4.79 Å². The summed E-state index contributed by atoms with van der Waals surface area (Å²) in [6.07, 6.45) is 0.271. The minimum atomic E-state index is -0.362. The Morgan fingerprint density at radius 3 is 2.81 bits per heavy atom. The molecule has 0 amide bonds. The summed E-state index contributed by atoms with van der Waals surface area (Å²) in [6, 6.07) is 7.68. The summed E-state index contributed by atoms with van der Waals surface area (Å²) < 4.78 is 0. The molecule has 1 aromatic rings. The number of hydrogen-bond acceptors (Lipinski definition) is 2. The van der Waals surface area contributed by atoms with Gasteiger partial charge in [0.05, 0.1) is 17.3 Å². The number of carbonyl (C=O) groups excluding carboxylic acids is 1. The van der Waals surface area contributed by atoms with Crippen LogP contribution in [0.4, 0.5) is 0 Å². The van der Waals surface area contributed by atoms with Crippen LogP contribution in [0.1, 0.15) is 28.4 Å². The topological polar surface area (TPSA) is 40.9 Å². The molecule has 0 aliphatic carbocycles. The van der Waals surface area contributed by atoms with E-state index >= 15 is 0 Å². The Balaban J connectivity index is 3.27. The molecule has 1 aromatic carbocycles. The van der Waals surface area contributed by atoms with Crippen molar-refractivity contribution in [1.82, 2.24) is 0 Å². The molecule has 0 saturated heterocycles. The van der Waals surface area contributed by atoms with Crippen LogP contribution in [0.5, 0.6) is 0 Å². The van der Waals surface area contributed by atoms with Gasteiger partial charge in [-0.15, -0.1) is 11.6 Å². The lowest BCUT2D eigenvalue weighted by molar-refractivity contribution is -0.116. The van der Waals surface area contributed by atoms with E-state index in [1.165, 1.54) is 6.92 Å². The van der Waals surface area contributed by atoms with Crippen LogP contribution in [0.2, 0.25) is 0 Å². The molecule has 1 unspecified atom stereocenters. The molecule has 0 N–H and O–H groups in total. The fourth-order valence-corrected chi connectivity index (χ4v) is 2.21. The molecule has 16 heavy (non-hydrogen) atoms. The number of nitrogens with zero attached hydrogens (tertiary/aromatic N) is 1. The van der Waals surface area contributed by atoms with Gasteiger partial charge >= 0.3 is 0 Å². The van der Waals surface area contributed by atoms with E-state index in [1.807, 2.05) is 18.2 Å². The predicted octanol–water partition coefficient (Wildman–Crippen LogP) is 3.52. The summed E-state index contributed by atoms with van der Waals surface area (Å²) in [7, 11) is 0. The summed E-state index contributed by atoms with van der Waals surface area (Å²) in [6.45, 7) is 1.52. The summed E-state index contributed by atoms with van der Waals surface area (Å²) in [5.41, 5.74) is 2.61. The molecule has 0 spiro atoms. The van der Waals surface area contributed by atoms with Crippen LogP contribution >= 0.6 is 27.5 Å². The fraction of sp³-hybridized carbons (Fsp3) is 0.333. The van der Waals surface area contributed by atoms with Crippen LogP contribution in [-0.2, 0) is 17.1 Å². The summed E-state index contributed by atoms with van der Waals surface area (Å²) in [5, 5.41) is 8.79. The van der Waals surface area contributed by atoms with E-state index in [1.54, 1.807) is 0 Å². The molecule has 2 nitrogen and oxygen atoms in total. The predicted molar refractivity (Wildman–Crippen MR) is 67.7 cm³/mol. The van der Waals surface area contributed by atoms with Crippen molar-refractivity contribution < 1.29 is 4.79 Å². The van der Waals surface area contributed by atoms with Gasteiger partial charge in [0.25, 0.3) is 0 Å². The van der Waals surface area contributed by atoms with Gasteiger partial charge in [-0.05, 0) is 23.6 Å². The number of hydrogen-bond donors (Lipinski definition) is 0. The lowest BCUT2D eigenvalue weighted by Crippen LogP contribution is -2.06. The molecule has 0 heterocycles. The minimum Gasteiger partial charge on any atom is -0.298 e. The normalized spacial score (nSPS) is 11.9. The molecular weight excluding hydrogens is 289 g/mol. The van der Waals surface area contributed by atoms with E-state index in [0.717, 1.165) is 16.7 Å². The van der Waals surface area contributed by atoms with Crippen LogP contribution in [0.25, 0.3) is 0 Å². The molecule has 0 aliphatic rings. The van der Waals surface area contributed by atoms with Gasteiger partial charge in [0, 0.05) is 5.88 Å². The Morgan fingerprint density at radius 1 is 1.62 bits per heavy atom. The van der Waals surface area contributed by atoms with Crippen molar-refractivity contribution in [1.29, 1.82) is 5.26 Å². The number of carbonyl (C=O) groups is 1. The van der Waals surface area contributed by atoms with Crippen molar-refractivity contribution in [3.8, 4) is 6.07 Å². The molecule has 0 radical (unpaired) electrons. The maximum Gasteiger partial charge on any atom is 0.147 e. The van der Waals surface area contributed by atoms with Crippen molar-refractivity contribution in [2.45, 2.75) is 24.1 Å². The third kappa shape index (κ3) is 2.84. The first-order valence-electron chi connectivity index (χ1n) is 4.80. The zero-order valence-corrected chi connectivity index (χ0v) is 11.2. The third-order valence-corrected chi connectivity index (χ3v) is 3.76. The highest BCUT2D eigenvalue weighted by Crippen LogP contribution is 2.29. The van der Waals surface area contributed by atoms with Crippen LogP contribution in [0.3, 0.4) is 0 Å². The van der Waals surface area contributed by atoms with Gasteiger partial charge in [0.15, 0.2) is 0 Å². The van der Waals surface area contributed by atoms with Crippen molar-refractivity contribution in [2.24, 2.45) is 0 Å². The molecule has 1 rings (SSSR count). The Morgan fingerprint density at radius 2 is 2.31 bits per heavy atom. The Kier molecular flexibility index (Phi) is 4.98. The molecule has 0 fully saturated rings. The average molecular weight is 301 g/mol. The Labute approximate surface area is 108 Å². The summed E-state index contributed by atoms with van der Waals surface area (Å²) >= 11 is 9.15. The average Bonchev–Trinajstić information content (AvgIpc) is 2.28. The maximum atomic E-state index is 11.3. The second kappa shape index (κ2) is 6.03. The number of benzene rings is 1. The summed E-state index contributed by atoms with van der Waals surface area (Å²) in [4.78, 5) is 11.0. The fourth-order valence-electron chi connectivity index (χ4n) is 1.53. The second-order valence-corrected chi connectivity index (χ2v) is 4.61. The van der Waals surface area contributed by atoms with Crippen molar-refractivity contribution in [3.05, 3.63) is 34.9 Å². The number of nitriles is 1. The third-order valence-electron chi connectivity index (χ3n) is 2.34. The van der Waals surface area contributed by atoms with Gasteiger partial charge in [-0.25, -0.2) is 0 Å². The monoisotopic (exact) mass is 299 g/mol. The van der Waals surface area contributed by atoms with E-state index in [4.69, 9.17) is 16.9 Å². The van der Waals surface area contributed by atoms with Gasteiger partial charge in [0.1, 0.15) is 5.78 Å². The molecule has 1 atom stereocenters. The van der Waals surface area contributed by atoms with Crippen molar-refractivity contribution in [3.63, 3.8) is 0 Å². The SMILES string of the molecule is CC(=O)C(Br)c1cccc(CCl)c1CC#N. The van der Waals surface area contributed by atoms with Gasteiger partial charge in [-0.2, -0.15) is 5.26 Å². The molecule has 0 aromatic heterocycles. The maximum absolute atomic E-state index is 11.3. The van der Waals surface area contributed by atoms with Gasteiger partial charge < -0.3 is 0 Å². The van der Waals surface area contributed by atoms with Crippen LogP contribution in [0, 0.1) is 11.3 Å². The Hall–Kier alpha value is -0.850. The first kappa shape index (κ1) is 13.2. The number of halogens is 2. The van der Waals surface area contributed by atoms with Gasteiger partial charge in [-0.3, -0.25) is 4.79 Å². The number of alkyl halides is 2. The molecule has 0 aliphatic heterocycles. The largest absolute Gasteiger partial charge is 0.298 e. The number of rotatable bonds is 4. The molecule has 0 bridgehead atoms. The Bertz CT molecular complexity index is 439. The highest BCUT2D eigenvalue weighted by molar-refractivity contribution is 9.09.